The second-order valence-corrected chi connectivity index (χ2v) is 3.11. The lowest BCUT2D eigenvalue weighted by Gasteiger charge is -2.05. The number of hydrogen-bond acceptors (Lipinski definition) is 2. The van der Waals surface area contributed by atoms with Gasteiger partial charge in [0.1, 0.15) is 0 Å². The number of nitrogens with zero attached hydrogens (tertiary/aromatic N) is 2. The summed E-state index contributed by atoms with van der Waals surface area (Å²) in [7, 11) is 0. The van der Waals surface area contributed by atoms with Crippen LogP contribution in [0.2, 0.25) is 0 Å². The fourth-order valence-corrected chi connectivity index (χ4v) is 1.23. The van der Waals surface area contributed by atoms with Crippen molar-refractivity contribution in [3.05, 3.63) is 54.6 Å². The summed E-state index contributed by atoms with van der Waals surface area (Å²) in [4.78, 5) is 15.5. The van der Waals surface area contributed by atoms with E-state index in [0.29, 0.717) is 12.2 Å². The Morgan fingerprint density at radius 3 is 2.80 bits per heavy atom. The Bertz CT molecular complexity index is 422. The Hall–Kier alpha value is -2.10. The van der Waals surface area contributed by atoms with Crippen LogP contribution < -0.4 is 5.32 Å². The number of rotatable bonds is 3. The summed E-state index contributed by atoms with van der Waals surface area (Å²) in [5.41, 5.74) is 0.664. The topological polar surface area (TPSA) is 46.9 Å². The first kappa shape index (κ1) is 9.45. The SMILES string of the molecule is O=C(NCn1ccnc1)c1ccccc1. The molecule has 4 heteroatoms. The van der Waals surface area contributed by atoms with Crippen LogP contribution in [-0.2, 0) is 6.67 Å². The molecule has 2 aromatic rings. The van der Waals surface area contributed by atoms with Gasteiger partial charge in [0.25, 0.3) is 5.91 Å². The molecular formula is C11H11N3O. The zero-order valence-electron chi connectivity index (χ0n) is 8.13. The van der Waals surface area contributed by atoms with E-state index in [1.54, 1.807) is 35.4 Å². The summed E-state index contributed by atoms with van der Waals surface area (Å²) in [6.07, 6.45) is 5.13. The monoisotopic (exact) mass is 201 g/mol. The van der Waals surface area contributed by atoms with Crippen LogP contribution in [0, 0.1) is 0 Å². The molecule has 0 fully saturated rings. The maximum absolute atomic E-state index is 11.6. The van der Waals surface area contributed by atoms with E-state index >= 15 is 0 Å². The van der Waals surface area contributed by atoms with Gasteiger partial charge in [0.05, 0.1) is 13.0 Å². The summed E-state index contributed by atoms with van der Waals surface area (Å²) < 4.78 is 1.79. The van der Waals surface area contributed by atoms with Gasteiger partial charge >= 0.3 is 0 Å². The molecule has 1 amide bonds. The fraction of sp³-hybridized carbons (Fsp3) is 0.0909. The van der Waals surface area contributed by atoms with E-state index in [-0.39, 0.29) is 5.91 Å². The zero-order chi connectivity index (χ0) is 10.5. The minimum absolute atomic E-state index is 0.0794. The summed E-state index contributed by atoms with van der Waals surface area (Å²) in [6.45, 7) is 0.438. The molecule has 0 spiro atoms. The molecule has 1 N–H and O–H groups in total. The summed E-state index contributed by atoms with van der Waals surface area (Å²) in [5, 5.41) is 2.79. The van der Waals surface area contributed by atoms with Crippen LogP contribution >= 0.6 is 0 Å². The number of nitrogens with one attached hydrogen (secondary N) is 1. The molecule has 0 saturated heterocycles. The van der Waals surface area contributed by atoms with Gasteiger partial charge in [0, 0.05) is 18.0 Å². The Morgan fingerprint density at radius 2 is 2.13 bits per heavy atom. The van der Waals surface area contributed by atoms with Crippen LogP contribution in [0.1, 0.15) is 10.4 Å². The smallest absolute Gasteiger partial charge is 0.252 e. The molecule has 0 radical (unpaired) electrons. The van der Waals surface area contributed by atoms with Crippen molar-refractivity contribution in [2.45, 2.75) is 6.67 Å². The van der Waals surface area contributed by atoms with Crippen molar-refractivity contribution in [3.63, 3.8) is 0 Å². The second-order valence-electron chi connectivity index (χ2n) is 3.11. The molecule has 0 aliphatic carbocycles. The van der Waals surface area contributed by atoms with Gasteiger partial charge in [-0.2, -0.15) is 0 Å². The maximum atomic E-state index is 11.6. The molecule has 0 unspecified atom stereocenters. The molecule has 0 saturated carbocycles. The standard InChI is InChI=1S/C11H11N3O/c15-11(10-4-2-1-3-5-10)13-9-14-7-6-12-8-14/h1-8H,9H2,(H,13,15). The van der Waals surface area contributed by atoms with Crippen LogP contribution in [0.3, 0.4) is 0 Å². The third kappa shape index (κ3) is 2.43. The molecule has 76 valence electrons. The zero-order valence-corrected chi connectivity index (χ0v) is 8.13. The van der Waals surface area contributed by atoms with Gasteiger partial charge in [-0.05, 0) is 12.1 Å². The Morgan fingerprint density at radius 1 is 1.33 bits per heavy atom. The van der Waals surface area contributed by atoms with E-state index in [2.05, 4.69) is 10.3 Å². The van der Waals surface area contributed by atoms with Crippen molar-refractivity contribution >= 4 is 5.91 Å². The highest BCUT2D eigenvalue weighted by Crippen LogP contribution is 1.97. The van der Waals surface area contributed by atoms with Crippen LogP contribution in [0.5, 0.6) is 0 Å². The molecule has 0 atom stereocenters. The predicted octanol–water partition coefficient (Wildman–Crippen LogP) is 1.27. The quantitative estimate of drug-likeness (QED) is 0.812. The van der Waals surface area contributed by atoms with Gasteiger partial charge in [0.15, 0.2) is 0 Å². The highest BCUT2D eigenvalue weighted by molar-refractivity contribution is 5.93. The normalized spacial score (nSPS) is 9.87. The van der Waals surface area contributed by atoms with E-state index < -0.39 is 0 Å². The first-order valence-corrected chi connectivity index (χ1v) is 4.65. The van der Waals surface area contributed by atoms with Crippen LogP contribution in [0.4, 0.5) is 0 Å². The van der Waals surface area contributed by atoms with Crippen molar-refractivity contribution in [1.29, 1.82) is 0 Å². The minimum atomic E-state index is -0.0794. The molecule has 1 aromatic carbocycles. The molecule has 0 aliphatic rings. The number of carbonyl (C=O) groups is 1. The highest BCUT2D eigenvalue weighted by Gasteiger charge is 2.02. The first-order valence-electron chi connectivity index (χ1n) is 4.65. The average Bonchev–Trinajstić information content (AvgIpc) is 2.80. The first-order chi connectivity index (χ1) is 7.36. The molecule has 1 aromatic heterocycles. The predicted molar refractivity (Wildman–Crippen MR) is 56.1 cm³/mol. The van der Waals surface area contributed by atoms with Crippen LogP contribution in [0.25, 0.3) is 0 Å². The lowest BCUT2D eigenvalue weighted by molar-refractivity contribution is 0.0942. The Balaban J connectivity index is 1.94. The lowest BCUT2D eigenvalue weighted by atomic mass is 10.2. The third-order valence-corrected chi connectivity index (χ3v) is 2.02. The minimum Gasteiger partial charge on any atom is -0.334 e. The van der Waals surface area contributed by atoms with Gasteiger partial charge in [-0.15, -0.1) is 0 Å². The molecule has 1 heterocycles. The summed E-state index contributed by atoms with van der Waals surface area (Å²) in [5.74, 6) is -0.0794. The molecular weight excluding hydrogens is 190 g/mol. The molecule has 15 heavy (non-hydrogen) atoms. The molecule has 2 rings (SSSR count). The van der Waals surface area contributed by atoms with Gasteiger partial charge in [0.2, 0.25) is 0 Å². The molecule has 0 aliphatic heterocycles. The number of imidazole rings is 1. The van der Waals surface area contributed by atoms with Crippen molar-refractivity contribution < 1.29 is 4.79 Å². The summed E-state index contributed by atoms with van der Waals surface area (Å²) >= 11 is 0. The number of hydrogen-bond donors (Lipinski definition) is 1. The van der Waals surface area contributed by atoms with Gasteiger partial charge in [-0.3, -0.25) is 4.79 Å². The molecule has 4 nitrogen and oxygen atoms in total. The largest absolute Gasteiger partial charge is 0.334 e. The maximum Gasteiger partial charge on any atom is 0.252 e. The van der Waals surface area contributed by atoms with Crippen LogP contribution in [0.15, 0.2) is 49.1 Å². The van der Waals surface area contributed by atoms with E-state index in [1.807, 2.05) is 18.2 Å². The number of aromatic nitrogens is 2. The average molecular weight is 201 g/mol. The lowest BCUT2D eigenvalue weighted by Crippen LogP contribution is -2.25. The summed E-state index contributed by atoms with van der Waals surface area (Å²) in [6, 6.07) is 9.12. The Kier molecular flexibility index (Phi) is 2.78. The van der Waals surface area contributed by atoms with Crippen molar-refractivity contribution in [2.24, 2.45) is 0 Å². The number of benzene rings is 1. The van der Waals surface area contributed by atoms with Gasteiger partial charge in [-0.25, -0.2) is 4.98 Å². The van der Waals surface area contributed by atoms with Crippen molar-refractivity contribution in [2.75, 3.05) is 0 Å². The van der Waals surface area contributed by atoms with E-state index in [1.165, 1.54) is 0 Å². The van der Waals surface area contributed by atoms with Crippen molar-refractivity contribution in [1.82, 2.24) is 14.9 Å². The Labute approximate surface area is 87.6 Å². The second kappa shape index (κ2) is 4.41. The van der Waals surface area contributed by atoms with E-state index in [9.17, 15) is 4.79 Å². The van der Waals surface area contributed by atoms with E-state index in [0.717, 1.165) is 0 Å². The van der Waals surface area contributed by atoms with Gasteiger partial charge < -0.3 is 9.88 Å². The van der Waals surface area contributed by atoms with Gasteiger partial charge in [-0.1, -0.05) is 18.2 Å². The molecule has 0 bridgehead atoms. The van der Waals surface area contributed by atoms with Crippen LogP contribution in [-0.4, -0.2) is 15.5 Å². The number of amides is 1. The fourth-order valence-electron chi connectivity index (χ4n) is 1.23. The van der Waals surface area contributed by atoms with Crippen molar-refractivity contribution in [3.8, 4) is 0 Å². The third-order valence-electron chi connectivity index (χ3n) is 2.02. The van der Waals surface area contributed by atoms with E-state index in [4.69, 9.17) is 0 Å². The highest BCUT2D eigenvalue weighted by atomic mass is 16.1. The number of carbonyl (C=O) groups excluding carboxylic acids is 1.